The Hall–Kier alpha value is -2.80. The number of carbonyl (C=O) groups excluding carboxylic acids is 1. The van der Waals surface area contributed by atoms with Crippen LogP contribution in [0, 0.1) is 5.82 Å². The maximum atomic E-state index is 13.1. The van der Waals surface area contributed by atoms with E-state index in [0.717, 1.165) is 48.1 Å². The van der Waals surface area contributed by atoms with E-state index in [0.29, 0.717) is 13.0 Å². The Balaban J connectivity index is 1.37. The zero-order valence-electron chi connectivity index (χ0n) is 18.8. The Morgan fingerprint density at radius 3 is 2.41 bits per heavy atom. The summed E-state index contributed by atoms with van der Waals surface area (Å²) in [5.74, 6) is 0.587. The fourth-order valence-electron chi connectivity index (χ4n) is 3.84. The SMILES string of the molecule is CC(C)(C)c1ccc(C(=O)N2CCCN(c3nc(Cc4ccc(F)cc4)ns3)CC2)cc1. The molecule has 0 unspecified atom stereocenters. The maximum absolute atomic E-state index is 13.1. The van der Waals surface area contributed by atoms with E-state index in [2.05, 4.69) is 42.2 Å². The molecule has 2 aromatic carbocycles. The van der Waals surface area contributed by atoms with Crippen molar-refractivity contribution in [1.82, 2.24) is 14.3 Å². The summed E-state index contributed by atoms with van der Waals surface area (Å²) in [6.45, 7) is 9.49. The first kappa shape index (κ1) is 22.4. The van der Waals surface area contributed by atoms with Gasteiger partial charge in [0, 0.05) is 49.7 Å². The van der Waals surface area contributed by atoms with Crippen LogP contribution in [-0.2, 0) is 11.8 Å². The number of rotatable bonds is 4. The van der Waals surface area contributed by atoms with Crippen molar-refractivity contribution in [1.29, 1.82) is 0 Å². The molecule has 0 bridgehead atoms. The van der Waals surface area contributed by atoms with Crippen LogP contribution in [0.15, 0.2) is 48.5 Å². The minimum Gasteiger partial charge on any atom is -0.345 e. The van der Waals surface area contributed by atoms with Gasteiger partial charge in [-0.05, 0) is 47.2 Å². The first-order valence-electron chi connectivity index (χ1n) is 11.0. The summed E-state index contributed by atoms with van der Waals surface area (Å²) in [7, 11) is 0. The van der Waals surface area contributed by atoms with Crippen molar-refractivity contribution in [3.05, 3.63) is 76.9 Å². The first-order valence-corrected chi connectivity index (χ1v) is 11.8. The minimum atomic E-state index is -0.241. The largest absolute Gasteiger partial charge is 0.345 e. The number of halogens is 1. The van der Waals surface area contributed by atoms with Gasteiger partial charge < -0.3 is 9.80 Å². The molecule has 5 nitrogen and oxygen atoms in total. The second-order valence-electron chi connectivity index (χ2n) is 9.26. The van der Waals surface area contributed by atoms with Gasteiger partial charge >= 0.3 is 0 Å². The molecule has 0 atom stereocenters. The number of hydrogen-bond acceptors (Lipinski definition) is 5. The van der Waals surface area contributed by atoms with Crippen LogP contribution in [-0.4, -0.2) is 46.3 Å². The van der Waals surface area contributed by atoms with E-state index in [1.807, 2.05) is 17.0 Å². The van der Waals surface area contributed by atoms with Crippen LogP contribution in [0.5, 0.6) is 0 Å². The third kappa shape index (κ3) is 5.33. The molecular weight excluding hydrogens is 423 g/mol. The van der Waals surface area contributed by atoms with E-state index in [1.165, 1.54) is 29.2 Å². The van der Waals surface area contributed by atoms with Crippen molar-refractivity contribution < 1.29 is 9.18 Å². The Morgan fingerprint density at radius 2 is 1.72 bits per heavy atom. The lowest BCUT2D eigenvalue weighted by Crippen LogP contribution is -2.35. The Morgan fingerprint density at radius 1 is 1.00 bits per heavy atom. The first-order chi connectivity index (χ1) is 15.3. The summed E-state index contributed by atoms with van der Waals surface area (Å²) in [6.07, 6.45) is 1.47. The molecule has 1 saturated heterocycles. The smallest absolute Gasteiger partial charge is 0.253 e. The van der Waals surface area contributed by atoms with Crippen molar-refractivity contribution in [3.8, 4) is 0 Å². The van der Waals surface area contributed by atoms with E-state index in [-0.39, 0.29) is 17.1 Å². The van der Waals surface area contributed by atoms with Crippen molar-refractivity contribution in [2.45, 2.75) is 39.0 Å². The lowest BCUT2D eigenvalue weighted by molar-refractivity contribution is 0.0767. The standard InChI is InChI=1S/C25H29FN4OS/c1-25(2,3)20-9-7-19(8-10-20)23(31)29-13-4-14-30(16-15-29)24-27-22(28-32-24)17-18-5-11-21(26)12-6-18/h5-12H,4,13-17H2,1-3H3. The van der Waals surface area contributed by atoms with Crippen LogP contribution in [0.3, 0.4) is 0 Å². The summed E-state index contributed by atoms with van der Waals surface area (Å²) in [4.78, 5) is 21.9. The van der Waals surface area contributed by atoms with Gasteiger partial charge in [0.1, 0.15) is 11.6 Å². The van der Waals surface area contributed by atoms with Gasteiger partial charge in [0.15, 0.2) is 0 Å². The molecule has 32 heavy (non-hydrogen) atoms. The number of carbonyl (C=O) groups is 1. The van der Waals surface area contributed by atoms with Crippen LogP contribution in [0.2, 0.25) is 0 Å². The highest BCUT2D eigenvalue weighted by Crippen LogP contribution is 2.24. The second-order valence-corrected chi connectivity index (χ2v) is 9.99. The summed E-state index contributed by atoms with van der Waals surface area (Å²) in [5.41, 5.74) is 3.02. The van der Waals surface area contributed by atoms with Gasteiger partial charge in [-0.15, -0.1) is 0 Å². The molecule has 1 aliphatic heterocycles. The summed E-state index contributed by atoms with van der Waals surface area (Å²) in [6, 6.07) is 14.4. The molecule has 1 fully saturated rings. The van der Waals surface area contributed by atoms with Gasteiger partial charge in [-0.25, -0.2) is 9.37 Å². The van der Waals surface area contributed by atoms with E-state index in [1.54, 1.807) is 12.1 Å². The van der Waals surface area contributed by atoms with Crippen molar-refractivity contribution in [2.24, 2.45) is 0 Å². The molecule has 0 spiro atoms. The van der Waals surface area contributed by atoms with Crippen molar-refractivity contribution >= 4 is 22.6 Å². The molecular formula is C25H29FN4OS. The lowest BCUT2D eigenvalue weighted by Gasteiger charge is -2.23. The average molecular weight is 453 g/mol. The molecule has 0 N–H and O–H groups in total. The molecule has 4 rings (SSSR count). The third-order valence-corrected chi connectivity index (χ3v) is 6.60. The number of aromatic nitrogens is 2. The zero-order chi connectivity index (χ0) is 22.7. The fourth-order valence-corrected chi connectivity index (χ4v) is 4.57. The predicted octanol–water partition coefficient (Wildman–Crippen LogP) is 4.92. The van der Waals surface area contributed by atoms with Crippen LogP contribution in [0.1, 0.15) is 54.5 Å². The van der Waals surface area contributed by atoms with Crippen LogP contribution in [0.25, 0.3) is 0 Å². The zero-order valence-corrected chi connectivity index (χ0v) is 19.7. The second kappa shape index (κ2) is 9.36. The topological polar surface area (TPSA) is 49.3 Å². The monoisotopic (exact) mass is 452 g/mol. The number of anilines is 1. The van der Waals surface area contributed by atoms with Gasteiger partial charge in [0.25, 0.3) is 5.91 Å². The maximum Gasteiger partial charge on any atom is 0.253 e. The molecule has 0 saturated carbocycles. The van der Waals surface area contributed by atoms with E-state index in [4.69, 9.17) is 4.98 Å². The predicted molar refractivity (Wildman–Crippen MR) is 127 cm³/mol. The highest BCUT2D eigenvalue weighted by atomic mass is 32.1. The fraction of sp³-hybridized carbons (Fsp3) is 0.400. The van der Waals surface area contributed by atoms with Gasteiger partial charge in [-0.1, -0.05) is 45.0 Å². The van der Waals surface area contributed by atoms with Crippen LogP contribution >= 0.6 is 11.5 Å². The number of hydrogen-bond donors (Lipinski definition) is 0. The molecule has 1 aliphatic rings. The number of benzene rings is 2. The van der Waals surface area contributed by atoms with Gasteiger partial charge in [0.05, 0.1) is 0 Å². The Bertz CT molecular complexity index is 1060. The van der Waals surface area contributed by atoms with Crippen LogP contribution in [0.4, 0.5) is 9.52 Å². The van der Waals surface area contributed by atoms with Crippen LogP contribution < -0.4 is 4.90 Å². The Kier molecular flexibility index (Phi) is 6.55. The molecule has 3 aromatic rings. The summed E-state index contributed by atoms with van der Waals surface area (Å²) in [5, 5.41) is 0.881. The number of amides is 1. The van der Waals surface area contributed by atoms with Crippen molar-refractivity contribution in [2.75, 3.05) is 31.1 Å². The molecule has 168 valence electrons. The van der Waals surface area contributed by atoms with E-state index < -0.39 is 0 Å². The van der Waals surface area contributed by atoms with Gasteiger partial charge in [0.2, 0.25) is 5.13 Å². The molecule has 1 amide bonds. The molecule has 0 aliphatic carbocycles. The quantitative estimate of drug-likeness (QED) is 0.564. The summed E-state index contributed by atoms with van der Waals surface area (Å²) < 4.78 is 17.6. The minimum absolute atomic E-state index is 0.0714. The molecule has 0 radical (unpaired) electrons. The van der Waals surface area contributed by atoms with Gasteiger partial charge in [-0.3, -0.25) is 4.79 Å². The van der Waals surface area contributed by atoms with Gasteiger partial charge in [-0.2, -0.15) is 4.37 Å². The normalized spacial score (nSPS) is 15.0. The molecule has 7 heteroatoms. The highest BCUT2D eigenvalue weighted by Gasteiger charge is 2.23. The average Bonchev–Trinajstić information content (AvgIpc) is 3.09. The van der Waals surface area contributed by atoms with Crippen molar-refractivity contribution in [3.63, 3.8) is 0 Å². The van der Waals surface area contributed by atoms with E-state index in [9.17, 15) is 9.18 Å². The molecule has 2 heterocycles. The number of nitrogens with zero attached hydrogens (tertiary/aromatic N) is 4. The highest BCUT2D eigenvalue weighted by molar-refractivity contribution is 7.09. The summed E-state index contributed by atoms with van der Waals surface area (Å²) >= 11 is 1.38. The lowest BCUT2D eigenvalue weighted by atomic mass is 9.86. The van der Waals surface area contributed by atoms with E-state index >= 15 is 0 Å². The Labute approximate surface area is 193 Å². The molecule has 1 aromatic heterocycles. The third-order valence-electron chi connectivity index (χ3n) is 5.78.